The first-order valence-corrected chi connectivity index (χ1v) is 6.98. The van der Waals surface area contributed by atoms with Crippen molar-refractivity contribution >= 4 is 0 Å². The van der Waals surface area contributed by atoms with E-state index >= 15 is 0 Å². The fraction of sp³-hybridized carbons (Fsp3) is 1.00. The molecule has 0 bridgehead atoms. The van der Waals surface area contributed by atoms with Gasteiger partial charge in [-0.25, -0.2) is 0 Å². The lowest BCUT2D eigenvalue weighted by Gasteiger charge is -2.39. The van der Waals surface area contributed by atoms with Gasteiger partial charge in [-0.3, -0.25) is 0 Å². The van der Waals surface area contributed by atoms with Gasteiger partial charge in [-0.05, 0) is 31.8 Å². The molecule has 0 saturated carbocycles. The van der Waals surface area contributed by atoms with E-state index in [2.05, 4.69) is 19.2 Å². The van der Waals surface area contributed by atoms with Gasteiger partial charge in [0.25, 0.3) is 0 Å². The monoisotopic (exact) mass is 266 g/mol. The molecule has 5 heteroatoms. The molecule has 0 aliphatic carbocycles. The van der Waals surface area contributed by atoms with Gasteiger partial charge in [-0.1, -0.05) is 20.3 Å². The highest BCUT2D eigenvalue weighted by Crippen LogP contribution is 2.24. The SMILES string of the molecule is CCCNC1CCN(CCC(F)(F)F)CC1CC. The van der Waals surface area contributed by atoms with E-state index in [1.54, 1.807) is 0 Å². The van der Waals surface area contributed by atoms with Gasteiger partial charge in [0, 0.05) is 19.1 Å². The summed E-state index contributed by atoms with van der Waals surface area (Å²) in [6.45, 7) is 7.00. The summed E-state index contributed by atoms with van der Waals surface area (Å²) in [6, 6.07) is 0.483. The molecule has 1 aliphatic rings. The minimum absolute atomic E-state index is 0.153. The Balaban J connectivity index is 2.36. The summed E-state index contributed by atoms with van der Waals surface area (Å²) in [6.07, 6.45) is -1.61. The van der Waals surface area contributed by atoms with Crippen LogP contribution in [0.3, 0.4) is 0 Å². The number of rotatable bonds is 6. The van der Waals surface area contributed by atoms with Gasteiger partial charge in [-0.2, -0.15) is 13.2 Å². The zero-order valence-electron chi connectivity index (χ0n) is 11.4. The number of likely N-dealkylation sites (tertiary alicyclic amines) is 1. The zero-order chi connectivity index (χ0) is 13.6. The number of piperidine rings is 1. The molecule has 1 fully saturated rings. The molecule has 1 N–H and O–H groups in total. The van der Waals surface area contributed by atoms with Crippen LogP contribution in [0, 0.1) is 5.92 Å². The van der Waals surface area contributed by atoms with E-state index in [9.17, 15) is 13.2 Å². The Morgan fingerprint density at radius 2 is 2.00 bits per heavy atom. The summed E-state index contributed by atoms with van der Waals surface area (Å²) in [5.41, 5.74) is 0. The molecule has 1 rings (SSSR count). The quantitative estimate of drug-likeness (QED) is 0.795. The van der Waals surface area contributed by atoms with Crippen molar-refractivity contribution in [2.45, 2.75) is 51.7 Å². The molecular formula is C13H25F3N2. The minimum atomic E-state index is -4.03. The highest BCUT2D eigenvalue weighted by atomic mass is 19.4. The summed E-state index contributed by atoms with van der Waals surface area (Å²) in [7, 11) is 0. The number of nitrogens with zero attached hydrogens (tertiary/aromatic N) is 1. The van der Waals surface area contributed by atoms with Gasteiger partial charge in [0.1, 0.15) is 0 Å². The van der Waals surface area contributed by atoms with Crippen molar-refractivity contribution in [3.63, 3.8) is 0 Å². The van der Waals surface area contributed by atoms with Crippen molar-refractivity contribution in [2.24, 2.45) is 5.92 Å². The van der Waals surface area contributed by atoms with Crippen LogP contribution in [0.25, 0.3) is 0 Å². The number of alkyl halides is 3. The zero-order valence-corrected chi connectivity index (χ0v) is 11.4. The molecule has 0 aromatic rings. The van der Waals surface area contributed by atoms with Crippen molar-refractivity contribution < 1.29 is 13.2 Å². The van der Waals surface area contributed by atoms with Crippen molar-refractivity contribution in [1.29, 1.82) is 0 Å². The second kappa shape index (κ2) is 7.34. The van der Waals surface area contributed by atoms with Crippen LogP contribution in [-0.4, -0.2) is 43.3 Å². The van der Waals surface area contributed by atoms with Crippen LogP contribution < -0.4 is 5.32 Å². The fourth-order valence-corrected chi connectivity index (χ4v) is 2.61. The second-order valence-corrected chi connectivity index (χ2v) is 5.18. The normalized spacial score (nSPS) is 26.5. The molecule has 1 heterocycles. The van der Waals surface area contributed by atoms with Crippen LogP contribution in [0.15, 0.2) is 0 Å². The molecule has 2 atom stereocenters. The van der Waals surface area contributed by atoms with E-state index in [1.165, 1.54) is 0 Å². The molecule has 0 aromatic heterocycles. The highest BCUT2D eigenvalue weighted by molar-refractivity contribution is 4.84. The maximum absolute atomic E-state index is 12.2. The van der Waals surface area contributed by atoms with Crippen molar-refractivity contribution in [1.82, 2.24) is 10.2 Å². The van der Waals surface area contributed by atoms with Crippen LogP contribution in [-0.2, 0) is 0 Å². The topological polar surface area (TPSA) is 15.3 Å². The molecule has 0 amide bonds. The maximum Gasteiger partial charge on any atom is 0.390 e. The summed E-state index contributed by atoms with van der Waals surface area (Å²) in [5, 5.41) is 3.52. The van der Waals surface area contributed by atoms with Crippen LogP contribution in [0.2, 0.25) is 0 Å². The van der Waals surface area contributed by atoms with E-state index < -0.39 is 12.6 Å². The molecule has 0 radical (unpaired) electrons. The standard InChI is InChI=1S/C13H25F3N2/c1-3-7-17-12-5-8-18(10-11(12)4-2)9-6-13(14,15)16/h11-12,17H,3-10H2,1-2H3. The van der Waals surface area contributed by atoms with Crippen molar-refractivity contribution in [3.05, 3.63) is 0 Å². The van der Waals surface area contributed by atoms with E-state index in [-0.39, 0.29) is 6.54 Å². The van der Waals surface area contributed by atoms with E-state index in [0.717, 1.165) is 38.9 Å². The molecule has 0 aromatic carbocycles. The number of hydrogen-bond donors (Lipinski definition) is 1. The first-order valence-electron chi connectivity index (χ1n) is 6.98. The second-order valence-electron chi connectivity index (χ2n) is 5.18. The van der Waals surface area contributed by atoms with Crippen LogP contribution >= 0.6 is 0 Å². The summed E-state index contributed by atoms with van der Waals surface area (Å²) >= 11 is 0. The largest absolute Gasteiger partial charge is 0.390 e. The molecule has 2 unspecified atom stereocenters. The van der Waals surface area contributed by atoms with Gasteiger partial charge < -0.3 is 10.2 Å². The minimum Gasteiger partial charge on any atom is -0.314 e. The molecule has 2 nitrogen and oxygen atoms in total. The van der Waals surface area contributed by atoms with Crippen LogP contribution in [0.5, 0.6) is 0 Å². The third-order valence-corrected chi connectivity index (χ3v) is 3.71. The predicted molar refractivity (Wildman–Crippen MR) is 67.6 cm³/mol. The maximum atomic E-state index is 12.2. The third-order valence-electron chi connectivity index (χ3n) is 3.71. The molecule has 108 valence electrons. The smallest absolute Gasteiger partial charge is 0.314 e. The Morgan fingerprint density at radius 1 is 1.28 bits per heavy atom. The third kappa shape index (κ3) is 5.57. The Labute approximate surface area is 108 Å². The van der Waals surface area contributed by atoms with Crippen molar-refractivity contribution in [3.8, 4) is 0 Å². The molecule has 18 heavy (non-hydrogen) atoms. The Morgan fingerprint density at radius 3 is 2.56 bits per heavy atom. The average Bonchev–Trinajstić information content (AvgIpc) is 2.33. The molecular weight excluding hydrogens is 241 g/mol. The van der Waals surface area contributed by atoms with E-state index in [0.29, 0.717) is 12.0 Å². The van der Waals surface area contributed by atoms with E-state index in [1.807, 2.05) is 4.90 Å². The van der Waals surface area contributed by atoms with Crippen molar-refractivity contribution in [2.75, 3.05) is 26.2 Å². The lowest BCUT2D eigenvalue weighted by molar-refractivity contribution is -0.139. The first kappa shape index (κ1) is 15.8. The first-order chi connectivity index (χ1) is 8.46. The lowest BCUT2D eigenvalue weighted by atomic mass is 9.89. The number of nitrogens with one attached hydrogen (secondary N) is 1. The summed E-state index contributed by atoms with van der Waals surface area (Å²) < 4.78 is 36.6. The Kier molecular flexibility index (Phi) is 6.43. The van der Waals surface area contributed by atoms with Gasteiger partial charge in [0.15, 0.2) is 0 Å². The predicted octanol–water partition coefficient (Wildman–Crippen LogP) is 3.04. The Hall–Kier alpha value is -0.290. The molecule has 1 aliphatic heterocycles. The Bertz CT molecular complexity index is 231. The van der Waals surface area contributed by atoms with Crippen LogP contribution in [0.4, 0.5) is 13.2 Å². The average molecular weight is 266 g/mol. The summed E-state index contributed by atoms with van der Waals surface area (Å²) in [4.78, 5) is 1.96. The van der Waals surface area contributed by atoms with Gasteiger partial charge in [0.2, 0.25) is 0 Å². The molecule has 0 spiro atoms. The van der Waals surface area contributed by atoms with Gasteiger partial charge in [-0.15, -0.1) is 0 Å². The number of halogens is 3. The lowest BCUT2D eigenvalue weighted by Crippen LogP contribution is -2.49. The molecule has 1 saturated heterocycles. The van der Waals surface area contributed by atoms with Crippen LogP contribution in [0.1, 0.15) is 39.5 Å². The highest BCUT2D eigenvalue weighted by Gasteiger charge is 2.31. The van der Waals surface area contributed by atoms with Gasteiger partial charge in [0.05, 0.1) is 6.42 Å². The summed E-state index contributed by atoms with van der Waals surface area (Å²) in [5.74, 6) is 0.485. The van der Waals surface area contributed by atoms with E-state index in [4.69, 9.17) is 0 Å². The van der Waals surface area contributed by atoms with Gasteiger partial charge >= 0.3 is 6.18 Å². The fourth-order valence-electron chi connectivity index (χ4n) is 2.61. The number of hydrogen-bond acceptors (Lipinski definition) is 2.